The Balaban J connectivity index is 3.13. The molecule has 0 saturated heterocycles. The molecule has 0 unspecified atom stereocenters. The lowest BCUT2D eigenvalue weighted by Gasteiger charge is -2.05. The summed E-state index contributed by atoms with van der Waals surface area (Å²) in [5.74, 6) is -0.0371. The summed E-state index contributed by atoms with van der Waals surface area (Å²) >= 11 is 0. The van der Waals surface area contributed by atoms with Gasteiger partial charge in [-0.3, -0.25) is 4.79 Å². The van der Waals surface area contributed by atoms with E-state index in [4.69, 9.17) is 9.47 Å². The third-order valence-electron chi connectivity index (χ3n) is 3.13. The fourth-order valence-electron chi connectivity index (χ4n) is 1.94. The second kappa shape index (κ2) is 15.5. The fraction of sp³-hybridized carbons (Fsp3) is 0.938. The number of hydrogen-bond donors (Lipinski definition) is 0. The average Bonchev–Trinajstić information content (AvgIpc) is 2.41. The summed E-state index contributed by atoms with van der Waals surface area (Å²) < 4.78 is 10.5. The van der Waals surface area contributed by atoms with Crippen LogP contribution in [0.15, 0.2) is 0 Å². The molecular formula is C16H32O3. The van der Waals surface area contributed by atoms with E-state index >= 15 is 0 Å². The molecule has 0 bridgehead atoms. The van der Waals surface area contributed by atoms with E-state index in [1.54, 1.807) is 0 Å². The minimum absolute atomic E-state index is 0.0371. The maximum absolute atomic E-state index is 11.4. The minimum atomic E-state index is -0.0371. The zero-order chi connectivity index (χ0) is 14.2. The van der Waals surface area contributed by atoms with E-state index in [1.165, 1.54) is 32.1 Å². The lowest BCUT2D eigenvalue weighted by Crippen LogP contribution is -2.05. The summed E-state index contributed by atoms with van der Waals surface area (Å²) in [5.41, 5.74) is 0. The van der Waals surface area contributed by atoms with Gasteiger partial charge in [0.15, 0.2) is 0 Å². The quantitative estimate of drug-likeness (QED) is 0.345. The Morgan fingerprint density at radius 1 is 0.789 bits per heavy atom. The van der Waals surface area contributed by atoms with E-state index in [0.717, 1.165) is 38.9 Å². The topological polar surface area (TPSA) is 35.5 Å². The third-order valence-corrected chi connectivity index (χ3v) is 3.13. The second-order valence-corrected chi connectivity index (χ2v) is 5.00. The van der Waals surface area contributed by atoms with Crippen molar-refractivity contribution in [3.8, 4) is 0 Å². The van der Waals surface area contributed by atoms with Crippen LogP contribution in [0.2, 0.25) is 0 Å². The van der Waals surface area contributed by atoms with Gasteiger partial charge in [0.1, 0.15) is 0 Å². The number of unbranched alkanes of at least 4 members (excludes halogenated alkanes) is 7. The Labute approximate surface area is 119 Å². The van der Waals surface area contributed by atoms with E-state index in [2.05, 4.69) is 6.92 Å². The lowest BCUT2D eigenvalue weighted by molar-refractivity contribution is -0.143. The van der Waals surface area contributed by atoms with Gasteiger partial charge in [-0.15, -0.1) is 0 Å². The number of esters is 1. The Hall–Kier alpha value is -0.570. The van der Waals surface area contributed by atoms with Gasteiger partial charge in [-0.2, -0.15) is 0 Å². The SMILES string of the molecule is CCCCCCCCOC(=O)CCCCCOCC. The number of hydrogen-bond acceptors (Lipinski definition) is 3. The van der Waals surface area contributed by atoms with Crippen molar-refractivity contribution >= 4 is 5.97 Å². The molecule has 0 aliphatic carbocycles. The molecule has 0 N–H and O–H groups in total. The highest BCUT2D eigenvalue weighted by Crippen LogP contribution is 2.06. The van der Waals surface area contributed by atoms with Crippen LogP contribution in [0.1, 0.15) is 78.1 Å². The maximum atomic E-state index is 11.4. The summed E-state index contributed by atoms with van der Waals surface area (Å²) in [7, 11) is 0. The Morgan fingerprint density at radius 2 is 1.42 bits per heavy atom. The first kappa shape index (κ1) is 18.4. The molecule has 0 spiro atoms. The monoisotopic (exact) mass is 272 g/mol. The number of carbonyl (C=O) groups is 1. The Morgan fingerprint density at radius 3 is 2.16 bits per heavy atom. The molecule has 0 aromatic rings. The summed E-state index contributed by atoms with van der Waals surface area (Å²) in [6.07, 6.45) is 10.9. The lowest BCUT2D eigenvalue weighted by atomic mass is 10.1. The van der Waals surface area contributed by atoms with Crippen molar-refractivity contribution in [2.24, 2.45) is 0 Å². The van der Waals surface area contributed by atoms with Gasteiger partial charge < -0.3 is 9.47 Å². The van der Waals surface area contributed by atoms with Crippen LogP contribution < -0.4 is 0 Å². The van der Waals surface area contributed by atoms with Crippen molar-refractivity contribution in [1.29, 1.82) is 0 Å². The number of carbonyl (C=O) groups excluding carboxylic acids is 1. The van der Waals surface area contributed by atoms with E-state index < -0.39 is 0 Å². The zero-order valence-corrected chi connectivity index (χ0v) is 12.9. The molecule has 0 atom stereocenters. The summed E-state index contributed by atoms with van der Waals surface area (Å²) in [4.78, 5) is 11.4. The van der Waals surface area contributed by atoms with E-state index in [-0.39, 0.29) is 5.97 Å². The van der Waals surface area contributed by atoms with Crippen LogP contribution in [-0.2, 0) is 14.3 Å². The smallest absolute Gasteiger partial charge is 0.305 e. The van der Waals surface area contributed by atoms with E-state index in [1.807, 2.05) is 6.92 Å². The van der Waals surface area contributed by atoms with Gasteiger partial charge in [0.25, 0.3) is 0 Å². The van der Waals surface area contributed by atoms with Crippen molar-refractivity contribution in [3.63, 3.8) is 0 Å². The van der Waals surface area contributed by atoms with Crippen LogP contribution in [0.5, 0.6) is 0 Å². The average molecular weight is 272 g/mol. The first-order valence-corrected chi connectivity index (χ1v) is 8.04. The number of rotatable bonds is 14. The molecule has 0 amide bonds. The van der Waals surface area contributed by atoms with Crippen LogP contribution in [0.4, 0.5) is 0 Å². The summed E-state index contributed by atoms with van der Waals surface area (Å²) in [5, 5.41) is 0. The van der Waals surface area contributed by atoms with Gasteiger partial charge in [0, 0.05) is 19.6 Å². The van der Waals surface area contributed by atoms with E-state index in [0.29, 0.717) is 13.0 Å². The highest BCUT2D eigenvalue weighted by atomic mass is 16.5. The highest BCUT2D eigenvalue weighted by molar-refractivity contribution is 5.69. The van der Waals surface area contributed by atoms with Crippen LogP contribution in [-0.4, -0.2) is 25.8 Å². The summed E-state index contributed by atoms with van der Waals surface area (Å²) in [6.45, 7) is 6.41. The molecule has 0 aromatic carbocycles. The van der Waals surface area contributed by atoms with Crippen molar-refractivity contribution in [1.82, 2.24) is 0 Å². The largest absolute Gasteiger partial charge is 0.466 e. The molecule has 0 aliphatic heterocycles. The fourth-order valence-corrected chi connectivity index (χ4v) is 1.94. The van der Waals surface area contributed by atoms with Gasteiger partial charge in [0.2, 0.25) is 0 Å². The molecule has 0 radical (unpaired) electrons. The summed E-state index contributed by atoms with van der Waals surface area (Å²) in [6, 6.07) is 0. The molecule has 0 aliphatic rings. The molecule has 0 rings (SSSR count). The maximum Gasteiger partial charge on any atom is 0.305 e. The predicted octanol–water partition coefficient (Wildman–Crippen LogP) is 4.49. The van der Waals surface area contributed by atoms with Gasteiger partial charge in [-0.05, 0) is 26.2 Å². The van der Waals surface area contributed by atoms with Gasteiger partial charge in [0.05, 0.1) is 6.61 Å². The first-order chi connectivity index (χ1) is 9.31. The molecule has 0 aromatic heterocycles. The van der Waals surface area contributed by atoms with Gasteiger partial charge >= 0.3 is 5.97 Å². The van der Waals surface area contributed by atoms with Crippen LogP contribution in [0.3, 0.4) is 0 Å². The Kier molecular flexibility index (Phi) is 15.0. The van der Waals surface area contributed by atoms with Crippen LogP contribution in [0, 0.1) is 0 Å². The normalized spacial score (nSPS) is 10.6. The third kappa shape index (κ3) is 15.4. The minimum Gasteiger partial charge on any atom is -0.466 e. The van der Waals surface area contributed by atoms with Crippen molar-refractivity contribution < 1.29 is 14.3 Å². The van der Waals surface area contributed by atoms with Crippen molar-refractivity contribution in [3.05, 3.63) is 0 Å². The molecule has 114 valence electrons. The number of ether oxygens (including phenoxy) is 2. The standard InChI is InChI=1S/C16H32O3/c1-3-5-6-7-8-12-15-19-16(17)13-10-9-11-14-18-4-2/h3-15H2,1-2H3. The zero-order valence-electron chi connectivity index (χ0n) is 12.9. The first-order valence-electron chi connectivity index (χ1n) is 8.04. The molecule has 3 heteroatoms. The van der Waals surface area contributed by atoms with E-state index in [9.17, 15) is 4.79 Å². The van der Waals surface area contributed by atoms with Gasteiger partial charge in [-0.1, -0.05) is 45.4 Å². The molecule has 0 fully saturated rings. The molecule has 0 saturated carbocycles. The van der Waals surface area contributed by atoms with Crippen LogP contribution >= 0.6 is 0 Å². The van der Waals surface area contributed by atoms with Crippen molar-refractivity contribution in [2.75, 3.05) is 19.8 Å². The van der Waals surface area contributed by atoms with Crippen molar-refractivity contribution in [2.45, 2.75) is 78.1 Å². The highest BCUT2D eigenvalue weighted by Gasteiger charge is 2.02. The second-order valence-electron chi connectivity index (χ2n) is 5.00. The molecule has 19 heavy (non-hydrogen) atoms. The molecular weight excluding hydrogens is 240 g/mol. The van der Waals surface area contributed by atoms with Gasteiger partial charge in [-0.25, -0.2) is 0 Å². The Bertz CT molecular complexity index is 192. The molecule has 3 nitrogen and oxygen atoms in total. The predicted molar refractivity (Wildman–Crippen MR) is 79.3 cm³/mol. The van der Waals surface area contributed by atoms with Crippen LogP contribution in [0.25, 0.3) is 0 Å². The molecule has 0 heterocycles.